The van der Waals surface area contributed by atoms with Crippen LogP contribution in [0.25, 0.3) is 152 Å². The average Bonchev–Trinajstić information content (AvgIpc) is 3.42. The first-order valence-corrected chi connectivity index (χ1v) is 24.4. The van der Waals surface area contributed by atoms with E-state index in [1.165, 1.54) is 152 Å². The molecule has 0 unspecified atom stereocenters. The van der Waals surface area contributed by atoms with E-state index in [1.807, 2.05) is 0 Å². The first-order chi connectivity index (χ1) is 34.7. The van der Waals surface area contributed by atoms with Crippen molar-refractivity contribution in [3.05, 3.63) is 255 Å². The van der Waals surface area contributed by atoms with Crippen LogP contribution >= 0.6 is 0 Å². The van der Waals surface area contributed by atoms with Gasteiger partial charge in [-0.05, 0) is 189 Å². The van der Waals surface area contributed by atoms with Crippen molar-refractivity contribution in [3.63, 3.8) is 0 Å². The van der Waals surface area contributed by atoms with Crippen LogP contribution in [0.15, 0.2) is 255 Å². The summed E-state index contributed by atoms with van der Waals surface area (Å²) < 4.78 is 0. The van der Waals surface area contributed by atoms with E-state index in [1.54, 1.807) is 0 Å². The second kappa shape index (κ2) is 15.2. The van der Waals surface area contributed by atoms with Crippen molar-refractivity contribution in [2.75, 3.05) is 0 Å². The summed E-state index contributed by atoms with van der Waals surface area (Å²) >= 11 is 0. The van der Waals surface area contributed by atoms with E-state index in [0.29, 0.717) is 0 Å². The summed E-state index contributed by atoms with van der Waals surface area (Å²) in [5, 5.41) is 25.3. The lowest BCUT2D eigenvalue weighted by molar-refractivity contribution is 1.64. The average molecular weight is 883 g/mol. The fraction of sp³-hybridized carbons (Fsp3) is 0. The van der Waals surface area contributed by atoms with Crippen LogP contribution in [0.1, 0.15) is 0 Å². The Labute approximate surface area is 404 Å². The second-order valence-corrected chi connectivity index (χ2v) is 19.1. The van der Waals surface area contributed by atoms with Crippen LogP contribution < -0.4 is 0 Å². The smallest absolute Gasteiger partial charge is 0.00262 e. The Morgan fingerprint density at radius 3 is 0.686 bits per heavy atom. The van der Waals surface area contributed by atoms with Gasteiger partial charge in [0, 0.05) is 0 Å². The van der Waals surface area contributed by atoms with Gasteiger partial charge in [0.05, 0.1) is 0 Å². The molecule has 0 aliphatic heterocycles. The molecule has 0 amide bonds. The van der Waals surface area contributed by atoms with Crippen LogP contribution in [0.3, 0.4) is 0 Å². The Balaban J connectivity index is 0.868. The van der Waals surface area contributed by atoms with Crippen LogP contribution in [0.5, 0.6) is 0 Å². The molecule has 0 aliphatic rings. The largest absolute Gasteiger partial charge is 0.0616 e. The minimum Gasteiger partial charge on any atom is -0.0616 e. The minimum atomic E-state index is 1.21. The molecule has 0 atom stereocenters. The van der Waals surface area contributed by atoms with Gasteiger partial charge in [0.1, 0.15) is 0 Å². The molecular formula is C70H42. The molecule has 15 aromatic carbocycles. The molecule has 15 rings (SSSR count). The van der Waals surface area contributed by atoms with Crippen molar-refractivity contribution in [1.82, 2.24) is 0 Å². The van der Waals surface area contributed by atoms with Crippen LogP contribution in [0.4, 0.5) is 0 Å². The molecule has 0 saturated heterocycles. The Hall–Kier alpha value is -9.10. The summed E-state index contributed by atoms with van der Waals surface area (Å²) in [6.45, 7) is 0. The predicted octanol–water partition coefficient (Wildman–Crippen LogP) is 19.9. The number of rotatable bonds is 4. The van der Waals surface area contributed by atoms with Gasteiger partial charge in [-0.1, -0.05) is 218 Å². The highest BCUT2D eigenvalue weighted by Crippen LogP contribution is 2.48. The summed E-state index contributed by atoms with van der Waals surface area (Å²) in [5.74, 6) is 0. The molecular weight excluding hydrogens is 841 g/mol. The van der Waals surface area contributed by atoms with Gasteiger partial charge in [-0.15, -0.1) is 0 Å². The summed E-state index contributed by atoms with van der Waals surface area (Å²) in [5.41, 5.74) is 9.97. The maximum atomic E-state index is 2.40. The molecule has 0 radical (unpaired) electrons. The van der Waals surface area contributed by atoms with Crippen LogP contribution in [-0.4, -0.2) is 0 Å². The number of hydrogen-bond acceptors (Lipinski definition) is 0. The zero-order valence-corrected chi connectivity index (χ0v) is 38.2. The first-order valence-electron chi connectivity index (χ1n) is 24.4. The van der Waals surface area contributed by atoms with Gasteiger partial charge in [0.25, 0.3) is 0 Å². The minimum absolute atomic E-state index is 1.21. The van der Waals surface area contributed by atoms with Gasteiger partial charge in [-0.25, -0.2) is 0 Å². The Morgan fingerprint density at radius 2 is 0.371 bits per heavy atom. The summed E-state index contributed by atoms with van der Waals surface area (Å²) in [6.07, 6.45) is 0. The molecule has 0 fully saturated rings. The molecule has 0 saturated carbocycles. The van der Waals surface area contributed by atoms with Crippen molar-refractivity contribution in [2.24, 2.45) is 0 Å². The van der Waals surface area contributed by atoms with E-state index < -0.39 is 0 Å². The fourth-order valence-corrected chi connectivity index (χ4v) is 12.1. The third kappa shape index (κ3) is 5.90. The van der Waals surface area contributed by atoms with Crippen molar-refractivity contribution in [3.8, 4) is 44.5 Å². The maximum Gasteiger partial charge on any atom is -0.00262 e. The van der Waals surface area contributed by atoms with E-state index in [-0.39, 0.29) is 0 Å². The Morgan fingerprint density at radius 1 is 0.129 bits per heavy atom. The molecule has 0 aromatic heterocycles. The lowest BCUT2D eigenvalue weighted by atomic mass is 9.84. The molecule has 70 heavy (non-hydrogen) atoms. The molecule has 0 spiro atoms. The fourth-order valence-electron chi connectivity index (χ4n) is 12.1. The summed E-state index contributed by atoms with van der Waals surface area (Å²) in [7, 11) is 0. The first kappa shape index (κ1) is 38.9. The van der Waals surface area contributed by atoms with E-state index in [2.05, 4.69) is 255 Å². The maximum absolute atomic E-state index is 2.40. The van der Waals surface area contributed by atoms with Gasteiger partial charge in [0.2, 0.25) is 0 Å². The highest BCUT2D eigenvalue weighted by Gasteiger charge is 2.20. The van der Waals surface area contributed by atoms with Gasteiger partial charge in [0.15, 0.2) is 0 Å². The summed E-state index contributed by atoms with van der Waals surface area (Å²) in [6, 6.07) is 95.4. The molecule has 0 N–H and O–H groups in total. The third-order valence-corrected chi connectivity index (χ3v) is 15.3. The third-order valence-electron chi connectivity index (χ3n) is 15.3. The monoisotopic (exact) mass is 882 g/mol. The lowest BCUT2D eigenvalue weighted by Crippen LogP contribution is -1.92. The molecule has 15 aromatic rings. The standard InChI is InChI=1S/C70H42/c1-3-15-47-41-65-51(37-45(47)13-1)31-29-49-39-53(33-35-55(49)65)69-61-21-9-5-17-57(61)67(58-18-6-10-22-62(58)69)43-25-27-44(28-26-43)68-59-19-7-11-23-63(59)70(64-24-12-8-20-60(64)68)54-34-36-56-50(40-54)30-32-52-38-46-14-2-4-16-48(46)42-66(52)56/h1-42H. The SMILES string of the molecule is c1ccc2cc3c(ccc4cc(-c5c6ccccc6c(-c6ccc(-c7c8ccccc8c(-c8ccc9c(ccc%10cc%11ccccc%11cc%109)c8)c8ccccc78)cc6)c6ccccc56)ccc43)cc2c1. The Kier molecular flexibility index (Phi) is 8.46. The van der Waals surface area contributed by atoms with E-state index in [0.717, 1.165) is 0 Å². The summed E-state index contributed by atoms with van der Waals surface area (Å²) in [4.78, 5) is 0. The van der Waals surface area contributed by atoms with Gasteiger partial charge < -0.3 is 0 Å². The van der Waals surface area contributed by atoms with Crippen molar-refractivity contribution in [2.45, 2.75) is 0 Å². The molecule has 0 bridgehead atoms. The van der Waals surface area contributed by atoms with Crippen LogP contribution in [0.2, 0.25) is 0 Å². The topological polar surface area (TPSA) is 0 Å². The van der Waals surface area contributed by atoms with E-state index in [9.17, 15) is 0 Å². The molecule has 0 heterocycles. The Bertz CT molecular complexity index is 4270. The zero-order valence-electron chi connectivity index (χ0n) is 38.2. The van der Waals surface area contributed by atoms with Gasteiger partial charge >= 0.3 is 0 Å². The number of benzene rings is 15. The lowest BCUT2D eigenvalue weighted by Gasteiger charge is -2.19. The quantitative estimate of drug-likeness (QED) is 0.122. The molecule has 322 valence electrons. The highest BCUT2D eigenvalue weighted by molar-refractivity contribution is 6.25. The van der Waals surface area contributed by atoms with E-state index >= 15 is 0 Å². The number of fused-ring (bicyclic) bond motifs is 12. The van der Waals surface area contributed by atoms with Crippen molar-refractivity contribution < 1.29 is 0 Å². The molecule has 0 nitrogen and oxygen atoms in total. The van der Waals surface area contributed by atoms with Gasteiger partial charge in [-0.3, -0.25) is 0 Å². The van der Waals surface area contributed by atoms with Crippen molar-refractivity contribution in [1.29, 1.82) is 0 Å². The molecule has 0 heteroatoms. The number of hydrogen-bond donors (Lipinski definition) is 0. The normalized spacial score (nSPS) is 12.0. The van der Waals surface area contributed by atoms with E-state index in [4.69, 9.17) is 0 Å². The zero-order chi connectivity index (χ0) is 45.9. The van der Waals surface area contributed by atoms with Crippen LogP contribution in [0, 0.1) is 0 Å². The highest BCUT2D eigenvalue weighted by atomic mass is 14.2. The van der Waals surface area contributed by atoms with Crippen LogP contribution in [-0.2, 0) is 0 Å². The predicted molar refractivity (Wildman–Crippen MR) is 303 cm³/mol. The second-order valence-electron chi connectivity index (χ2n) is 19.1. The van der Waals surface area contributed by atoms with Gasteiger partial charge in [-0.2, -0.15) is 0 Å². The van der Waals surface area contributed by atoms with Crippen molar-refractivity contribution >= 4 is 108 Å². The molecule has 0 aliphatic carbocycles.